The van der Waals surface area contributed by atoms with E-state index in [4.69, 9.17) is 5.10 Å². The maximum absolute atomic E-state index is 12.9. The topological polar surface area (TPSA) is 59.0 Å². The van der Waals surface area contributed by atoms with Crippen molar-refractivity contribution in [3.63, 3.8) is 0 Å². The molecule has 1 aromatic heterocycles. The Bertz CT molecular complexity index is 1290. The van der Waals surface area contributed by atoms with Gasteiger partial charge in [-0.2, -0.15) is 5.10 Å². The molecule has 186 valence electrons. The van der Waals surface area contributed by atoms with Crippen LogP contribution in [0.15, 0.2) is 72.8 Å². The number of carbonyl (C=O) groups is 1. The van der Waals surface area contributed by atoms with Gasteiger partial charge in [-0.1, -0.05) is 85.5 Å². The number of rotatable bonds is 9. The molecule has 0 aliphatic heterocycles. The minimum atomic E-state index is -0.0146. The average Bonchev–Trinajstić information content (AvgIpc) is 3.27. The fourth-order valence-electron chi connectivity index (χ4n) is 5.21. The van der Waals surface area contributed by atoms with Gasteiger partial charge in [-0.25, -0.2) is 0 Å². The van der Waals surface area contributed by atoms with Gasteiger partial charge in [0.15, 0.2) is 0 Å². The molecule has 4 aromatic rings. The molecule has 0 radical (unpaired) electrons. The maximum Gasteiger partial charge on any atom is 0.241 e. The van der Waals surface area contributed by atoms with Crippen LogP contribution in [0.1, 0.15) is 37.7 Å². The van der Waals surface area contributed by atoms with E-state index in [1.807, 2.05) is 22.9 Å². The standard InChI is InChI=1S/C31H36N4O/c1-23-12-14-25(15-13-23)27-16-17-28-29(20-27)35(34-31(28)26-10-6-3-7-11-26)22-30(36)33-19-18-32-21-24-8-4-2-5-9-24/h3,6-7,10-17,20,24,32H,2,4-5,8-9,18-19,21-22H2,1H3,(H,33,36). The van der Waals surface area contributed by atoms with Crippen LogP contribution in [0, 0.1) is 12.8 Å². The van der Waals surface area contributed by atoms with E-state index >= 15 is 0 Å². The number of carbonyl (C=O) groups excluding carboxylic acids is 1. The highest BCUT2D eigenvalue weighted by atomic mass is 16.2. The van der Waals surface area contributed by atoms with E-state index in [-0.39, 0.29) is 12.5 Å². The van der Waals surface area contributed by atoms with Crippen molar-refractivity contribution in [2.45, 2.75) is 45.6 Å². The first-order chi connectivity index (χ1) is 17.7. The summed E-state index contributed by atoms with van der Waals surface area (Å²) in [4.78, 5) is 12.9. The number of amides is 1. The number of aromatic nitrogens is 2. The summed E-state index contributed by atoms with van der Waals surface area (Å²) in [7, 11) is 0. The van der Waals surface area contributed by atoms with Crippen molar-refractivity contribution >= 4 is 16.8 Å². The lowest BCUT2D eigenvalue weighted by atomic mass is 9.89. The lowest BCUT2D eigenvalue weighted by Gasteiger charge is -2.21. The predicted octanol–water partition coefficient (Wildman–Crippen LogP) is 5.96. The van der Waals surface area contributed by atoms with Gasteiger partial charge >= 0.3 is 0 Å². The maximum atomic E-state index is 12.9. The van der Waals surface area contributed by atoms with Gasteiger partial charge in [0.1, 0.15) is 12.2 Å². The zero-order valence-electron chi connectivity index (χ0n) is 21.2. The van der Waals surface area contributed by atoms with E-state index in [0.717, 1.165) is 52.3 Å². The van der Waals surface area contributed by atoms with Gasteiger partial charge in [-0.3, -0.25) is 9.48 Å². The Morgan fingerprint density at radius 1 is 0.889 bits per heavy atom. The Morgan fingerprint density at radius 3 is 2.42 bits per heavy atom. The van der Waals surface area contributed by atoms with Gasteiger partial charge in [0.25, 0.3) is 0 Å². The molecule has 1 aliphatic carbocycles. The Morgan fingerprint density at radius 2 is 1.64 bits per heavy atom. The molecule has 0 bridgehead atoms. The molecule has 1 amide bonds. The number of nitrogens with zero attached hydrogens (tertiary/aromatic N) is 2. The van der Waals surface area contributed by atoms with Crippen molar-refractivity contribution in [1.29, 1.82) is 0 Å². The molecule has 1 heterocycles. The van der Waals surface area contributed by atoms with Crippen LogP contribution in [0.5, 0.6) is 0 Å². The van der Waals surface area contributed by atoms with Crippen molar-refractivity contribution in [3.8, 4) is 22.4 Å². The first-order valence-corrected chi connectivity index (χ1v) is 13.3. The Kier molecular flexibility index (Phi) is 7.77. The van der Waals surface area contributed by atoms with E-state index in [1.165, 1.54) is 37.7 Å². The predicted molar refractivity (Wildman–Crippen MR) is 148 cm³/mol. The van der Waals surface area contributed by atoms with Crippen molar-refractivity contribution in [2.24, 2.45) is 5.92 Å². The van der Waals surface area contributed by atoms with Gasteiger partial charge in [0, 0.05) is 24.0 Å². The fraction of sp³-hybridized carbons (Fsp3) is 0.355. The number of aryl methyl sites for hydroxylation is 1. The summed E-state index contributed by atoms with van der Waals surface area (Å²) in [6.07, 6.45) is 6.77. The molecule has 5 rings (SSSR count). The highest BCUT2D eigenvalue weighted by Gasteiger charge is 2.16. The Hall–Kier alpha value is -3.44. The summed E-state index contributed by atoms with van der Waals surface area (Å²) in [6.45, 7) is 4.78. The Labute approximate surface area is 213 Å². The largest absolute Gasteiger partial charge is 0.353 e. The third-order valence-electron chi connectivity index (χ3n) is 7.26. The fourth-order valence-corrected chi connectivity index (χ4v) is 5.21. The van der Waals surface area contributed by atoms with Crippen molar-refractivity contribution in [1.82, 2.24) is 20.4 Å². The van der Waals surface area contributed by atoms with Gasteiger partial charge < -0.3 is 10.6 Å². The Balaban J connectivity index is 1.31. The lowest BCUT2D eigenvalue weighted by Crippen LogP contribution is -2.35. The van der Waals surface area contributed by atoms with Gasteiger partial charge in [0.05, 0.1) is 5.52 Å². The van der Waals surface area contributed by atoms with Gasteiger partial charge in [-0.15, -0.1) is 0 Å². The number of nitrogens with one attached hydrogen (secondary N) is 2. The van der Waals surface area contributed by atoms with Crippen LogP contribution >= 0.6 is 0 Å². The highest BCUT2D eigenvalue weighted by Crippen LogP contribution is 2.31. The second kappa shape index (κ2) is 11.5. The second-order valence-electron chi connectivity index (χ2n) is 10.0. The summed E-state index contributed by atoms with van der Waals surface area (Å²) in [5, 5.41) is 12.5. The highest BCUT2D eigenvalue weighted by molar-refractivity contribution is 5.96. The second-order valence-corrected chi connectivity index (χ2v) is 10.0. The molecule has 2 N–H and O–H groups in total. The average molecular weight is 481 g/mol. The van der Waals surface area contributed by atoms with Crippen molar-refractivity contribution in [2.75, 3.05) is 19.6 Å². The van der Waals surface area contributed by atoms with Crippen LogP contribution in [0.3, 0.4) is 0 Å². The molecule has 1 fully saturated rings. The van der Waals surface area contributed by atoms with E-state index in [0.29, 0.717) is 6.54 Å². The third kappa shape index (κ3) is 5.85. The SMILES string of the molecule is Cc1ccc(-c2ccc3c(-c4ccccc4)nn(CC(=O)NCCNCC4CCCCC4)c3c2)cc1. The summed E-state index contributed by atoms with van der Waals surface area (Å²) < 4.78 is 1.85. The smallest absolute Gasteiger partial charge is 0.241 e. The molecule has 5 heteroatoms. The normalized spacial score (nSPS) is 14.2. The molecule has 36 heavy (non-hydrogen) atoms. The van der Waals surface area contributed by atoms with E-state index in [1.54, 1.807) is 0 Å². The molecule has 1 saturated carbocycles. The zero-order valence-corrected chi connectivity index (χ0v) is 21.2. The van der Waals surface area contributed by atoms with E-state index in [2.05, 4.69) is 72.2 Å². The van der Waals surface area contributed by atoms with Crippen molar-refractivity contribution in [3.05, 3.63) is 78.4 Å². The van der Waals surface area contributed by atoms with Crippen LogP contribution in [-0.2, 0) is 11.3 Å². The molecule has 5 nitrogen and oxygen atoms in total. The van der Waals surface area contributed by atoms with Crippen LogP contribution in [-0.4, -0.2) is 35.3 Å². The molecular formula is C31H36N4O. The molecule has 0 spiro atoms. The molecule has 1 aliphatic rings. The van der Waals surface area contributed by atoms with Gasteiger partial charge in [0.2, 0.25) is 5.91 Å². The van der Waals surface area contributed by atoms with Crippen LogP contribution in [0.4, 0.5) is 0 Å². The van der Waals surface area contributed by atoms with E-state index < -0.39 is 0 Å². The molecule has 0 atom stereocenters. The molecule has 0 unspecified atom stereocenters. The third-order valence-corrected chi connectivity index (χ3v) is 7.26. The summed E-state index contributed by atoms with van der Waals surface area (Å²) >= 11 is 0. The quantitative estimate of drug-likeness (QED) is 0.290. The number of benzene rings is 3. The minimum Gasteiger partial charge on any atom is -0.353 e. The molecule has 3 aromatic carbocycles. The monoisotopic (exact) mass is 480 g/mol. The molecule has 0 saturated heterocycles. The van der Waals surface area contributed by atoms with Crippen LogP contribution in [0.2, 0.25) is 0 Å². The number of fused-ring (bicyclic) bond motifs is 1. The number of hydrogen-bond acceptors (Lipinski definition) is 3. The lowest BCUT2D eigenvalue weighted by molar-refractivity contribution is -0.121. The summed E-state index contributed by atoms with van der Waals surface area (Å²) in [5.41, 5.74) is 6.44. The first kappa shape index (κ1) is 24.3. The summed E-state index contributed by atoms with van der Waals surface area (Å²) in [5.74, 6) is 0.781. The first-order valence-electron chi connectivity index (χ1n) is 13.3. The zero-order chi connectivity index (χ0) is 24.7. The minimum absolute atomic E-state index is 0.0146. The van der Waals surface area contributed by atoms with Crippen molar-refractivity contribution < 1.29 is 4.79 Å². The number of hydrogen-bond donors (Lipinski definition) is 2. The van der Waals surface area contributed by atoms with Crippen LogP contribution in [0.25, 0.3) is 33.3 Å². The van der Waals surface area contributed by atoms with Gasteiger partial charge in [-0.05, 0) is 55.5 Å². The summed E-state index contributed by atoms with van der Waals surface area (Å²) in [6, 6.07) is 25.1. The van der Waals surface area contributed by atoms with E-state index in [9.17, 15) is 4.79 Å². The molecular weight excluding hydrogens is 444 g/mol. The van der Waals surface area contributed by atoms with Crippen LogP contribution < -0.4 is 10.6 Å².